The van der Waals surface area contributed by atoms with Crippen molar-refractivity contribution in [3.63, 3.8) is 0 Å². The minimum absolute atomic E-state index is 0.0212. The Morgan fingerprint density at radius 1 is 0.977 bits per heavy atom. The predicted molar refractivity (Wildman–Crippen MR) is 168 cm³/mol. The largest absolute Gasteiger partial charge is 0.486 e. The number of halogens is 1. The van der Waals surface area contributed by atoms with E-state index in [1.807, 2.05) is 55.5 Å². The van der Waals surface area contributed by atoms with E-state index >= 15 is 0 Å². The highest BCUT2D eigenvalue weighted by atomic mass is 35.5. The second-order valence-corrected chi connectivity index (χ2v) is 12.7. The fraction of sp³-hybridized carbons (Fsp3) is 0.375. The molecule has 3 aromatic carbocycles. The summed E-state index contributed by atoms with van der Waals surface area (Å²) in [5, 5.41) is 3.45. The van der Waals surface area contributed by atoms with Crippen molar-refractivity contribution in [2.45, 2.75) is 45.2 Å². The van der Waals surface area contributed by atoms with Gasteiger partial charge in [-0.05, 0) is 42.2 Å². The third-order valence-electron chi connectivity index (χ3n) is 7.08. The van der Waals surface area contributed by atoms with E-state index in [0.717, 1.165) is 18.2 Å². The first-order valence-corrected chi connectivity index (χ1v) is 16.6. The van der Waals surface area contributed by atoms with Gasteiger partial charge >= 0.3 is 0 Å². The maximum absolute atomic E-state index is 13.9. The Hall–Kier alpha value is -3.76. The molecule has 1 heterocycles. The number of sulfonamides is 1. The smallest absolute Gasteiger partial charge is 0.243 e. The normalized spacial score (nSPS) is 13.2. The van der Waals surface area contributed by atoms with E-state index in [9.17, 15) is 18.0 Å². The number of hydrogen-bond donors (Lipinski definition) is 1. The fourth-order valence-corrected chi connectivity index (χ4v) is 6.07. The van der Waals surface area contributed by atoms with Crippen LogP contribution in [-0.2, 0) is 32.6 Å². The van der Waals surface area contributed by atoms with Crippen molar-refractivity contribution in [2.24, 2.45) is 0 Å². The lowest BCUT2D eigenvalue weighted by molar-refractivity contribution is -0.141. The summed E-state index contributed by atoms with van der Waals surface area (Å²) in [6, 6.07) is 21.0. The lowest BCUT2D eigenvalue weighted by Crippen LogP contribution is -2.50. The first kappa shape index (κ1) is 32.2. The van der Waals surface area contributed by atoms with Crippen LogP contribution in [0.4, 0.5) is 5.69 Å². The molecule has 230 valence electrons. The monoisotopic (exact) mass is 627 g/mol. The van der Waals surface area contributed by atoms with Gasteiger partial charge in [-0.3, -0.25) is 13.9 Å². The number of amides is 2. The Kier molecular flexibility index (Phi) is 11.3. The minimum Gasteiger partial charge on any atom is -0.486 e. The molecule has 0 spiro atoms. The van der Waals surface area contributed by atoms with Crippen molar-refractivity contribution >= 4 is 39.1 Å². The zero-order chi connectivity index (χ0) is 30.8. The molecule has 0 radical (unpaired) electrons. The summed E-state index contributed by atoms with van der Waals surface area (Å²) in [5.74, 6) is 0.504. The summed E-state index contributed by atoms with van der Waals surface area (Å²) in [6.45, 7) is 3.45. The van der Waals surface area contributed by atoms with Crippen molar-refractivity contribution in [2.75, 3.05) is 36.9 Å². The molecule has 0 bridgehead atoms. The van der Waals surface area contributed by atoms with Gasteiger partial charge in [0.05, 0.1) is 11.9 Å². The van der Waals surface area contributed by atoms with Gasteiger partial charge in [-0.25, -0.2) is 8.42 Å². The van der Waals surface area contributed by atoms with Crippen molar-refractivity contribution in [3.05, 3.63) is 88.9 Å². The van der Waals surface area contributed by atoms with E-state index in [1.165, 1.54) is 4.31 Å². The predicted octanol–water partition coefficient (Wildman–Crippen LogP) is 4.82. The van der Waals surface area contributed by atoms with Crippen LogP contribution in [0.3, 0.4) is 0 Å². The van der Waals surface area contributed by atoms with E-state index < -0.39 is 16.1 Å². The average Bonchev–Trinajstić information content (AvgIpc) is 3.00. The second-order valence-electron chi connectivity index (χ2n) is 10.4. The summed E-state index contributed by atoms with van der Waals surface area (Å²) in [6.07, 6.45) is 2.45. The van der Waals surface area contributed by atoms with Crippen molar-refractivity contribution in [3.8, 4) is 11.5 Å². The van der Waals surface area contributed by atoms with E-state index in [2.05, 4.69) is 5.32 Å². The van der Waals surface area contributed by atoms with Gasteiger partial charge in [0.15, 0.2) is 11.5 Å². The van der Waals surface area contributed by atoms with E-state index in [1.54, 1.807) is 29.2 Å². The Balaban J connectivity index is 1.57. The number of rotatable bonds is 14. The zero-order valence-corrected chi connectivity index (χ0v) is 26.1. The van der Waals surface area contributed by atoms with Crippen LogP contribution in [0.2, 0.25) is 5.02 Å². The molecule has 1 aliphatic heterocycles. The summed E-state index contributed by atoms with van der Waals surface area (Å²) in [7, 11) is -3.67. The molecule has 3 aromatic rings. The molecule has 2 amide bonds. The van der Waals surface area contributed by atoms with Crippen LogP contribution in [0.15, 0.2) is 72.8 Å². The molecule has 1 aliphatic rings. The summed E-state index contributed by atoms with van der Waals surface area (Å²) >= 11 is 6.48. The van der Waals surface area contributed by atoms with E-state index in [4.69, 9.17) is 21.1 Å². The number of carbonyl (C=O) groups is 2. The van der Waals surface area contributed by atoms with Gasteiger partial charge < -0.3 is 19.7 Å². The first-order chi connectivity index (χ1) is 20.7. The highest BCUT2D eigenvalue weighted by Gasteiger charge is 2.31. The topological polar surface area (TPSA) is 105 Å². The molecule has 4 rings (SSSR count). The van der Waals surface area contributed by atoms with Gasteiger partial charge in [-0.1, -0.05) is 67.1 Å². The maximum Gasteiger partial charge on any atom is 0.243 e. The molecule has 1 N–H and O–H groups in total. The van der Waals surface area contributed by atoms with Gasteiger partial charge in [-0.15, -0.1) is 0 Å². The molecular formula is C32H38ClN3O6S. The molecule has 0 saturated heterocycles. The molecule has 0 aliphatic carbocycles. The standard InChI is InChI=1S/C32H38ClN3O6S/c1-3-17-34-32(38)28(21-24-10-5-4-6-11-24)35(23-25-12-7-8-13-27(25)33)31(37)14-9-18-36(43(2,39)40)26-15-16-29-30(22-26)42-20-19-41-29/h4-8,10-13,15-16,22,28H,3,9,14,17-21,23H2,1-2H3,(H,34,38). The second kappa shape index (κ2) is 15.1. The Morgan fingerprint density at radius 3 is 2.37 bits per heavy atom. The molecule has 1 unspecified atom stereocenters. The zero-order valence-electron chi connectivity index (χ0n) is 24.5. The number of anilines is 1. The SMILES string of the molecule is CCCNC(=O)C(Cc1ccccc1)N(Cc1ccccc1Cl)C(=O)CCCN(c1ccc2c(c1)OCCO2)S(C)(=O)=O. The quantitative estimate of drug-likeness (QED) is 0.275. The lowest BCUT2D eigenvalue weighted by Gasteiger charge is -2.32. The van der Waals surface area contributed by atoms with Crippen molar-refractivity contribution in [1.82, 2.24) is 10.2 Å². The molecule has 9 nitrogen and oxygen atoms in total. The molecule has 1 atom stereocenters. The van der Waals surface area contributed by atoms with Crippen LogP contribution >= 0.6 is 11.6 Å². The molecule has 0 fully saturated rings. The summed E-state index contributed by atoms with van der Waals surface area (Å²) in [5.41, 5.74) is 2.05. The van der Waals surface area contributed by atoms with E-state index in [0.29, 0.717) is 54.0 Å². The highest BCUT2D eigenvalue weighted by molar-refractivity contribution is 7.92. The number of benzene rings is 3. The lowest BCUT2D eigenvalue weighted by atomic mass is 10.0. The molecule has 11 heteroatoms. The molecule has 43 heavy (non-hydrogen) atoms. The summed E-state index contributed by atoms with van der Waals surface area (Å²) < 4.78 is 38.0. The van der Waals surface area contributed by atoms with E-state index in [-0.39, 0.29) is 37.7 Å². The molecule has 0 saturated carbocycles. The van der Waals surface area contributed by atoms with Gasteiger partial charge in [-0.2, -0.15) is 0 Å². The van der Waals surface area contributed by atoms with Gasteiger partial charge in [0.1, 0.15) is 19.3 Å². The fourth-order valence-electron chi connectivity index (χ4n) is 4.92. The summed E-state index contributed by atoms with van der Waals surface area (Å²) in [4.78, 5) is 29.0. The average molecular weight is 628 g/mol. The van der Waals surface area contributed by atoms with Crippen molar-refractivity contribution < 1.29 is 27.5 Å². The van der Waals surface area contributed by atoms with Crippen LogP contribution in [0.5, 0.6) is 11.5 Å². The number of nitrogens with one attached hydrogen (secondary N) is 1. The van der Waals surface area contributed by atoms with Crippen LogP contribution in [0, 0.1) is 0 Å². The minimum atomic E-state index is -3.67. The van der Waals surface area contributed by atoms with Gasteiger partial charge in [0.2, 0.25) is 21.8 Å². The Morgan fingerprint density at radius 2 is 1.67 bits per heavy atom. The van der Waals surface area contributed by atoms with Gasteiger partial charge in [0.25, 0.3) is 0 Å². The first-order valence-electron chi connectivity index (χ1n) is 14.4. The van der Waals surface area contributed by atoms with Crippen LogP contribution in [0.25, 0.3) is 0 Å². The number of nitrogens with zero attached hydrogens (tertiary/aromatic N) is 2. The third kappa shape index (κ3) is 8.87. The number of hydrogen-bond acceptors (Lipinski definition) is 6. The van der Waals surface area contributed by atoms with Crippen LogP contribution in [-0.4, -0.2) is 63.7 Å². The highest BCUT2D eigenvalue weighted by Crippen LogP contribution is 2.35. The number of carbonyl (C=O) groups excluding carboxylic acids is 2. The Labute approximate surface area is 258 Å². The van der Waals surface area contributed by atoms with Crippen LogP contribution < -0.4 is 19.1 Å². The maximum atomic E-state index is 13.9. The third-order valence-corrected chi connectivity index (χ3v) is 8.65. The molecular weight excluding hydrogens is 590 g/mol. The molecule has 0 aromatic heterocycles. The van der Waals surface area contributed by atoms with Crippen molar-refractivity contribution in [1.29, 1.82) is 0 Å². The van der Waals surface area contributed by atoms with Crippen LogP contribution in [0.1, 0.15) is 37.3 Å². The van der Waals surface area contributed by atoms with Gasteiger partial charge in [0, 0.05) is 43.6 Å². The Bertz CT molecular complexity index is 1500. The number of fused-ring (bicyclic) bond motifs is 1. The number of ether oxygens (including phenoxy) is 2.